The van der Waals surface area contributed by atoms with Crippen molar-refractivity contribution in [2.24, 2.45) is 0 Å². The maximum atomic E-state index is 13.1. The highest BCUT2D eigenvalue weighted by molar-refractivity contribution is 6.02. The Labute approximate surface area is 160 Å². The zero-order chi connectivity index (χ0) is 19.0. The van der Waals surface area contributed by atoms with E-state index < -0.39 is 0 Å². The van der Waals surface area contributed by atoms with Crippen LogP contribution in [-0.2, 0) is 21.5 Å². The van der Waals surface area contributed by atoms with Crippen molar-refractivity contribution in [1.82, 2.24) is 4.57 Å². The SMILES string of the molecule is COCCn1ccc2cc(NC(=O)C3(c4cc(C)cc(C)c4)CC3)ccc21. The maximum Gasteiger partial charge on any atom is 0.235 e. The number of ether oxygens (including phenoxy) is 1. The van der Waals surface area contributed by atoms with Crippen LogP contribution >= 0.6 is 0 Å². The molecule has 4 rings (SSSR count). The number of anilines is 1. The van der Waals surface area contributed by atoms with Gasteiger partial charge in [0.05, 0.1) is 12.0 Å². The lowest BCUT2D eigenvalue weighted by molar-refractivity contribution is -0.118. The van der Waals surface area contributed by atoms with Gasteiger partial charge >= 0.3 is 0 Å². The van der Waals surface area contributed by atoms with Gasteiger partial charge in [0.1, 0.15) is 0 Å². The maximum absolute atomic E-state index is 13.1. The van der Waals surface area contributed by atoms with Crippen molar-refractivity contribution in [3.8, 4) is 0 Å². The molecule has 0 spiro atoms. The van der Waals surface area contributed by atoms with E-state index in [1.54, 1.807) is 7.11 Å². The molecule has 1 fully saturated rings. The first-order valence-electron chi connectivity index (χ1n) is 9.50. The fourth-order valence-electron chi connectivity index (χ4n) is 3.94. The summed E-state index contributed by atoms with van der Waals surface area (Å²) in [6.07, 6.45) is 3.89. The van der Waals surface area contributed by atoms with Crippen LogP contribution < -0.4 is 5.32 Å². The molecule has 1 heterocycles. The highest BCUT2D eigenvalue weighted by Gasteiger charge is 2.51. The molecule has 0 radical (unpaired) electrons. The molecule has 1 N–H and O–H groups in total. The molecule has 4 heteroatoms. The molecule has 1 aromatic heterocycles. The number of benzene rings is 2. The number of hydrogen-bond acceptors (Lipinski definition) is 2. The molecule has 1 amide bonds. The molecule has 0 atom stereocenters. The Morgan fingerprint density at radius 1 is 1.11 bits per heavy atom. The fraction of sp³-hybridized carbons (Fsp3) is 0.348. The number of fused-ring (bicyclic) bond motifs is 1. The lowest BCUT2D eigenvalue weighted by Gasteiger charge is -2.17. The second-order valence-electron chi connectivity index (χ2n) is 7.69. The van der Waals surface area contributed by atoms with Crippen LogP contribution in [0.5, 0.6) is 0 Å². The van der Waals surface area contributed by atoms with E-state index in [9.17, 15) is 4.79 Å². The van der Waals surface area contributed by atoms with Crippen molar-refractivity contribution < 1.29 is 9.53 Å². The van der Waals surface area contributed by atoms with Gasteiger partial charge in [-0.05, 0) is 56.5 Å². The number of nitrogens with one attached hydrogen (secondary N) is 1. The number of rotatable bonds is 6. The molecule has 1 aliphatic carbocycles. The summed E-state index contributed by atoms with van der Waals surface area (Å²) >= 11 is 0. The summed E-state index contributed by atoms with van der Waals surface area (Å²) in [5.74, 6) is 0.102. The highest BCUT2D eigenvalue weighted by atomic mass is 16.5. The van der Waals surface area contributed by atoms with Crippen LogP contribution in [0, 0.1) is 13.8 Å². The first-order chi connectivity index (χ1) is 13.0. The molecular weight excluding hydrogens is 336 g/mol. The molecule has 140 valence electrons. The van der Waals surface area contributed by atoms with Crippen molar-refractivity contribution in [2.75, 3.05) is 19.0 Å². The normalized spacial score (nSPS) is 15.1. The summed E-state index contributed by atoms with van der Waals surface area (Å²) in [5.41, 5.74) is 5.21. The molecular formula is C23H26N2O2. The van der Waals surface area contributed by atoms with Crippen molar-refractivity contribution in [3.05, 3.63) is 65.4 Å². The summed E-state index contributed by atoms with van der Waals surface area (Å²) in [7, 11) is 1.71. The predicted molar refractivity (Wildman–Crippen MR) is 109 cm³/mol. The van der Waals surface area contributed by atoms with Gasteiger partial charge < -0.3 is 14.6 Å². The van der Waals surface area contributed by atoms with Crippen LogP contribution in [0.1, 0.15) is 29.5 Å². The van der Waals surface area contributed by atoms with Crippen molar-refractivity contribution in [1.29, 1.82) is 0 Å². The first-order valence-corrected chi connectivity index (χ1v) is 9.50. The second kappa shape index (κ2) is 6.86. The quantitative estimate of drug-likeness (QED) is 0.698. The number of methoxy groups -OCH3 is 1. The molecule has 2 aromatic carbocycles. The predicted octanol–water partition coefficient (Wildman–Crippen LogP) is 4.57. The van der Waals surface area contributed by atoms with Crippen molar-refractivity contribution in [2.45, 2.75) is 38.6 Å². The average Bonchev–Trinajstić information content (AvgIpc) is 3.35. The van der Waals surface area contributed by atoms with Gasteiger partial charge in [-0.3, -0.25) is 4.79 Å². The Bertz CT molecular complexity index is 979. The number of aromatic nitrogens is 1. The van der Waals surface area contributed by atoms with Gasteiger partial charge in [0.25, 0.3) is 0 Å². The van der Waals surface area contributed by atoms with Gasteiger partial charge in [-0.2, -0.15) is 0 Å². The zero-order valence-electron chi connectivity index (χ0n) is 16.2. The summed E-state index contributed by atoms with van der Waals surface area (Å²) in [6, 6.07) is 14.6. The van der Waals surface area contributed by atoms with Gasteiger partial charge in [-0.1, -0.05) is 29.3 Å². The minimum absolute atomic E-state index is 0.102. The van der Waals surface area contributed by atoms with E-state index in [0.717, 1.165) is 41.5 Å². The van der Waals surface area contributed by atoms with Crippen LogP contribution in [0.25, 0.3) is 10.9 Å². The molecule has 1 saturated carbocycles. The van der Waals surface area contributed by atoms with E-state index >= 15 is 0 Å². The Balaban J connectivity index is 1.56. The monoisotopic (exact) mass is 362 g/mol. The van der Waals surface area contributed by atoms with Gasteiger partial charge in [-0.15, -0.1) is 0 Å². The minimum atomic E-state index is -0.365. The van der Waals surface area contributed by atoms with E-state index in [4.69, 9.17) is 4.74 Å². The smallest absolute Gasteiger partial charge is 0.235 e. The van der Waals surface area contributed by atoms with Gasteiger partial charge in [0, 0.05) is 36.4 Å². The second-order valence-corrected chi connectivity index (χ2v) is 7.69. The molecule has 0 unspecified atom stereocenters. The minimum Gasteiger partial charge on any atom is -0.383 e. The largest absolute Gasteiger partial charge is 0.383 e. The van der Waals surface area contributed by atoms with E-state index in [-0.39, 0.29) is 11.3 Å². The molecule has 4 nitrogen and oxygen atoms in total. The van der Waals surface area contributed by atoms with Crippen molar-refractivity contribution in [3.63, 3.8) is 0 Å². The van der Waals surface area contributed by atoms with Crippen LogP contribution in [0.3, 0.4) is 0 Å². The van der Waals surface area contributed by atoms with E-state index in [2.05, 4.69) is 60.3 Å². The first kappa shape index (κ1) is 17.8. The number of aryl methyl sites for hydroxylation is 2. The molecule has 3 aromatic rings. The highest BCUT2D eigenvalue weighted by Crippen LogP contribution is 2.49. The van der Waals surface area contributed by atoms with Gasteiger partial charge in [-0.25, -0.2) is 0 Å². The summed E-state index contributed by atoms with van der Waals surface area (Å²) in [5, 5.41) is 4.28. The lowest BCUT2D eigenvalue weighted by atomic mass is 9.92. The number of amides is 1. The zero-order valence-corrected chi connectivity index (χ0v) is 16.2. The number of carbonyl (C=O) groups is 1. The Morgan fingerprint density at radius 2 is 1.85 bits per heavy atom. The number of nitrogens with zero attached hydrogens (tertiary/aromatic N) is 1. The molecule has 1 aliphatic rings. The Morgan fingerprint density at radius 3 is 2.52 bits per heavy atom. The average molecular weight is 362 g/mol. The number of hydrogen-bond donors (Lipinski definition) is 1. The van der Waals surface area contributed by atoms with Gasteiger partial charge in [0.15, 0.2) is 0 Å². The van der Waals surface area contributed by atoms with E-state index in [0.29, 0.717) is 6.61 Å². The van der Waals surface area contributed by atoms with Gasteiger partial charge in [0.2, 0.25) is 5.91 Å². The van der Waals surface area contributed by atoms with Crippen LogP contribution in [0.2, 0.25) is 0 Å². The fourth-order valence-corrected chi connectivity index (χ4v) is 3.94. The third-order valence-electron chi connectivity index (χ3n) is 5.52. The summed E-state index contributed by atoms with van der Waals surface area (Å²) in [6.45, 7) is 5.68. The lowest BCUT2D eigenvalue weighted by Crippen LogP contribution is -2.28. The van der Waals surface area contributed by atoms with E-state index in [1.165, 1.54) is 11.1 Å². The molecule has 0 aliphatic heterocycles. The van der Waals surface area contributed by atoms with Crippen LogP contribution in [-0.4, -0.2) is 24.2 Å². The van der Waals surface area contributed by atoms with Crippen LogP contribution in [0.4, 0.5) is 5.69 Å². The van der Waals surface area contributed by atoms with E-state index in [1.807, 2.05) is 12.1 Å². The van der Waals surface area contributed by atoms with Crippen molar-refractivity contribution >= 4 is 22.5 Å². The standard InChI is InChI=1S/C23H26N2O2/c1-16-12-17(2)14-19(13-16)23(7-8-23)22(26)24-20-4-5-21-18(15-20)6-9-25(21)10-11-27-3/h4-6,9,12-15H,7-8,10-11H2,1-3H3,(H,24,26). The third-order valence-corrected chi connectivity index (χ3v) is 5.52. The molecule has 0 bridgehead atoms. The third kappa shape index (κ3) is 3.37. The topological polar surface area (TPSA) is 43.3 Å². The Hall–Kier alpha value is -2.59. The summed E-state index contributed by atoms with van der Waals surface area (Å²) < 4.78 is 7.33. The number of carbonyl (C=O) groups excluding carboxylic acids is 1. The molecule has 27 heavy (non-hydrogen) atoms. The molecule has 0 saturated heterocycles. The Kier molecular flexibility index (Phi) is 4.52. The van der Waals surface area contributed by atoms with Crippen LogP contribution in [0.15, 0.2) is 48.7 Å². The summed E-state index contributed by atoms with van der Waals surface area (Å²) in [4.78, 5) is 13.1.